The van der Waals surface area contributed by atoms with E-state index in [0.29, 0.717) is 5.69 Å². The molecular weight excluding hydrogens is 338 g/mol. The number of hydrogen-bond acceptors (Lipinski definition) is 2. The quantitative estimate of drug-likeness (QED) is 0.789. The lowest BCUT2D eigenvalue weighted by Crippen LogP contribution is -2.21. The SMILES string of the molecule is O=C(Nc1ccccc1N1CCCC1)c1cc(F)c(Cl)cc1Cl. The Morgan fingerprint density at radius 2 is 1.78 bits per heavy atom. The Balaban J connectivity index is 1.88. The summed E-state index contributed by atoms with van der Waals surface area (Å²) in [6.45, 7) is 1.92. The van der Waals surface area contributed by atoms with Crippen molar-refractivity contribution in [1.29, 1.82) is 0 Å². The van der Waals surface area contributed by atoms with Crippen LogP contribution < -0.4 is 10.2 Å². The summed E-state index contributed by atoms with van der Waals surface area (Å²) in [5, 5.41) is 2.83. The van der Waals surface area contributed by atoms with Crippen molar-refractivity contribution in [1.82, 2.24) is 0 Å². The average Bonchev–Trinajstić information content (AvgIpc) is 3.05. The van der Waals surface area contributed by atoms with Gasteiger partial charge in [-0.3, -0.25) is 4.79 Å². The molecule has 120 valence electrons. The van der Waals surface area contributed by atoms with Gasteiger partial charge in [0.2, 0.25) is 0 Å². The van der Waals surface area contributed by atoms with E-state index in [9.17, 15) is 9.18 Å². The Morgan fingerprint density at radius 1 is 1.09 bits per heavy atom. The van der Waals surface area contributed by atoms with Gasteiger partial charge in [0.25, 0.3) is 5.91 Å². The van der Waals surface area contributed by atoms with Crippen molar-refractivity contribution in [3.63, 3.8) is 0 Å². The lowest BCUT2D eigenvalue weighted by Gasteiger charge is -2.21. The van der Waals surface area contributed by atoms with Crippen molar-refractivity contribution in [3.05, 3.63) is 57.8 Å². The van der Waals surface area contributed by atoms with Gasteiger partial charge in [-0.25, -0.2) is 4.39 Å². The van der Waals surface area contributed by atoms with E-state index in [2.05, 4.69) is 10.2 Å². The van der Waals surface area contributed by atoms with Gasteiger partial charge < -0.3 is 10.2 Å². The monoisotopic (exact) mass is 352 g/mol. The predicted octanol–water partition coefficient (Wildman–Crippen LogP) is 4.99. The highest BCUT2D eigenvalue weighted by Crippen LogP contribution is 2.30. The molecule has 0 spiro atoms. The minimum absolute atomic E-state index is 0.0600. The van der Waals surface area contributed by atoms with Crippen molar-refractivity contribution in [2.75, 3.05) is 23.3 Å². The van der Waals surface area contributed by atoms with Crippen LogP contribution in [0.3, 0.4) is 0 Å². The maximum Gasteiger partial charge on any atom is 0.257 e. The standard InChI is InChI=1S/C17H15Cl2FN2O/c18-12-10-13(19)14(20)9-11(12)17(23)21-15-5-1-2-6-16(15)22-7-3-4-8-22/h1-2,5-6,9-10H,3-4,7-8H2,(H,21,23). The molecule has 1 aliphatic heterocycles. The Hall–Kier alpha value is -1.78. The summed E-state index contributed by atoms with van der Waals surface area (Å²) < 4.78 is 13.6. The Bertz CT molecular complexity index is 745. The Kier molecular flexibility index (Phi) is 4.74. The number of halogens is 3. The van der Waals surface area contributed by atoms with Crippen LogP contribution in [0.15, 0.2) is 36.4 Å². The molecule has 1 N–H and O–H groups in total. The molecule has 0 aromatic heterocycles. The second kappa shape index (κ2) is 6.77. The molecule has 0 unspecified atom stereocenters. The van der Waals surface area contributed by atoms with Gasteiger partial charge in [-0.2, -0.15) is 0 Å². The molecule has 0 aliphatic carbocycles. The molecule has 3 nitrogen and oxygen atoms in total. The van der Waals surface area contributed by atoms with Gasteiger partial charge in [-0.15, -0.1) is 0 Å². The van der Waals surface area contributed by atoms with E-state index in [1.165, 1.54) is 6.07 Å². The number of carbonyl (C=O) groups excluding carboxylic acids is 1. The molecule has 1 amide bonds. The first-order valence-corrected chi connectivity index (χ1v) is 8.12. The molecule has 1 fully saturated rings. The van der Waals surface area contributed by atoms with Gasteiger partial charge in [0.1, 0.15) is 5.82 Å². The van der Waals surface area contributed by atoms with E-state index < -0.39 is 11.7 Å². The average molecular weight is 353 g/mol. The molecule has 6 heteroatoms. The Labute approximate surface area is 144 Å². The van der Waals surface area contributed by atoms with Crippen LogP contribution in [-0.2, 0) is 0 Å². The fraction of sp³-hybridized carbons (Fsp3) is 0.235. The van der Waals surface area contributed by atoms with Gasteiger partial charge in [0, 0.05) is 13.1 Å². The summed E-state index contributed by atoms with van der Waals surface area (Å²) in [7, 11) is 0. The number of anilines is 2. The summed E-state index contributed by atoms with van der Waals surface area (Å²) in [6, 6.07) is 9.85. The number of para-hydroxylation sites is 2. The van der Waals surface area contributed by atoms with Crippen molar-refractivity contribution < 1.29 is 9.18 Å². The highest BCUT2D eigenvalue weighted by molar-refractivity contribution is 6.37. The van der Waals surface area contributed by atoms with Crippen LogP contribution in [0.5, 0.6) is 0 Å². The van der Waals surface area contributed by atoms with Crippen LogP contribution in [0.2, 0.25) is 10.0 Å². The zero-order chi connectivity index (χ0) is 16.4. The summed E-state index contributed by atoms with van der Waals surface area (Å²) in [5.41, 5.74) is 1.71. The Morgan fingerprint density at radius 3 is 2.52 bits per heavy atom. The van der Waals surface area contributed by atoms with E-state index in [-0.39, 0.29) is 15.6 Å². The highest BCUT2D eigenvalue weighted by atomic mass is 35.5. The molecule has 0 saturated carbocycles. The van der Waals surface area contributed by atoms with Gasteiger partial charge in [0.05, 0.1) is 27.0 Å². The number of nitrogens with one attached hydrogen (secondary N) is 1. The zero-order valence-electron chi connectivity index (χ0n) is 12.3. The lowest BCUT2D eigenvalue weighted by atomic mass is 10.2. The minimum atomic E-state index is -0.672. The first kappa shape index (κ1) is 16.1. The fourth-order valence-corrected chi connectivity index (χ4v) is 3.17. The number of carbonyl (C=O) groups is 1. The van der Waals surface area contributed by atoms with E-state index in [1.54, 1.807) is 0 Å². The minimum Gasteiger partial charge on any atom is -0.370 e. The van der Waals surface area contributed by atoms with Gasteiger partial charge in [0.15, 0.2) is 0 Å². The third-order valence-corrected chi connectivity index (χ3v) is 4.46. The zero-order valence-corrected chi connectivity index (χ0v) is 13.8. The summed E-state index contributed by atoms with van der Waals surface area (Å²) in [4.78, 5) is 14.7. The van der Waals surface area contributed by atoms with E-state index in [0.717, 1.165) is 37.7 Å². The fourth-order valence-electron chi connectivity index (χ4n) is 2.70. The van der Waals surface area contributed by atoms with Gasteiger partial charge in [-0.05, 0) is 37.1 Å². The van der Waals surface area contributed by atoms with Gasteiger partial charge >= 0.3 is 0 Å². The summed E-state index contributed by atoms with van der Waals surface area (Å²) >= 11 is 11.7. The molecule has 2 aromatic rings. The number of hydrogen-bond donors (Lipinski definition) is 1. The van der Waals surface area contributed by atoms with Crippen LogP contribution >= 0.6 is 23.2 Å². The smallest absolute Gasteiger partial charge is 0.257 e. The first-order chi connectivity index (χ1) is 11.1. The van der Waals surface area contributed by atoms with Crippen molar-refractivity contribution in [2.45, 2.75) is 12.8 Å². The third kappa shape index (κ3) is 3.43. The van der Waals surface area contributed by atoms with Crippen LogP contribution in [0.1, 0.15) is 23.2 Å². The van der Waals surface area contributed by atoms with Crippen LogP contribution in [0.25, 0.3) is 0 Å². The largest absolute Gasteiger partial charge is 0.370 e. The first-order valence-electron chi connectivity index (χ1n) is 7.36. The maximum atomic E-state index is 13.6. The highest BCUT2D eigenvalue weighted by Gasteiger charge is 2.19. The van der Waals surface area contributed by atoms with E-state index >= 15 is 0 Å². The summed E-state index contributed by atoms with van der Waals surface area (Å²) in [6.07, 6.45) is 2.27. The normalized spacial score (nSPS) is 14.1. The number of benzene rings is 2. The predicted molar refractivity (Wildman–Crippen MR) is 92.3 cm³/mol. The van der Waals surface area contributed by atoms with Crippen LogP contribution in [-0.4, -0.2) is 19.0 Å². The molecule has 1 aliphatic rings. The molecule has 1 saturated heterocycles. The molecule has 2 aromatic carbocycles. The molecule has 23 heavy (non-hydrogen) atoms. The van der Waals surface area contributed by atoms with E-state index in [1.807, 2.05) is 24.3 Å². The van der Waals surface area contributed by atoms with Crippen LogP contribution in [0.4, 0.5) is 15.8 Å². The van der Waals surface area contributed by atoms with Gasteiger partial charge in [-0.1, -0.05) is 35.3 Å². The number of nitrogens with zero attached hydrogens (tertiary/aromatic N) is 1. The molecule has 1 heterocycles. The third-order valence-electron chi connectivity index (χ3n) is 3.85. The summed E-state index contributed by atoms with van der Waals surface area (Å²) in [5.74, 6) is -1.13. The second-order valence-corrected chi connectivity index (χ2v) is 6.23. The van der Waals surface area contributed by atoms with Crippen molar-refractivity contribution in [3.8, 4) is 0 Å². The topological polar surface area (TPSA) is 32.3 Å². The molecule has 0 bridgehead atoms. The maximum absolute atomic E-state index is 13.6. The lowest BCUT2D eigenvalue weighted by molar-refractivity contribution is 0.102. The number of amides is 1. The van der Waals surface area contributed by atoms with Crippen molar-refractivity contribution >= 4 is 40.5 Å². The molecule has 0 radical (unpaired) electrons. The van der Waals surface area contributed by atoms with E-state index in [4.69, 9.17) is 23.2 Å². The molecule has 3 rings (SSSR count). The second-order valence-electron chi connectivity index (χ2n) is 5.41. The number of rotatable bonds is 3. The molecule has 0 atom stereocenters. The van der Waals surface area contributed by atoms with Crippen LogP contribution in [0, 0.1) is 5.82 Å². The van der Waals surface area contributed by atoms with Crippen molar-refractivity contribution in [2.24, 2.45) is 0 Å². The molecular formula is C17H15Cl2FN2O.